The number of nitrogens with one attached hydrogen (secondary N) is 2. The van der Waals surface area contributed by atoms with Crippen LogP contribution in [0, 0.1) is 11.8 Å². The van der Waals surface area contributed by atoms with Gasteiger partial charge in [0.2, 0.25) is 20.0 Å². The van der Waals surface area contributed by atoms with Crippen LogP contribution >= 0.6 is 0 Å². The van der Waals surface area contributed by atoms with E-state index in [1.807, 2.05) is 0 Å². The molecule has 3 aromatic rings. The molecule has 1 heterocycles. The normalized spacial score (nSPS) is 13.5. The van der Waals surface area contributed by atoms with Gasteiger partial charge in [0, 0.05) is 12.7 Å². The molecule has 264 valence electrons. The van der Waals surface area contributed by atoms with Gasteiger partial charge in [-0.25, -0.2) is 27.8 Å². The number of hydroxylamine groups is 2. The van der Waals surface area contributed by atoms with Crippen LogP contribution in [0.5, 0.6) is 11.5 Å². The Kier molecular flexibility index (Phi) is 13.0. The highest BCUT2D eigenvalue weighted by Crippen LogP contribution is 2.27. The van der Waals surface area contributed by atoms with Crippen LogP contribution in [0.1, 0.15) is 33.4 Å². The number of rotatable bonds is 17. The standard InChI is InChI=1S/C29H41N7O10S2/c1-19(2)26(28(37)31-39)35(47(41,42)24-11-7-22(45-5)8-12-24)16-15-34-17-21(30-33-34)18-36(27(20(3)4)29(38)32-40)48(43,44)25-13-9-23(46-6)10-14-25/h7-14,17,19-20,26-27,39-40H,15-16,18H2,1-6H3,(H,31,37)(H,32,38)/t26-,27+/m0/s1. The van der Waals surface area contributed by atoms with E-state index in [0.717, 1.165) is 8.61 Å². The molecule has 0 unspecified atom stereocenters. The van der Waals surface area contributed by atoms with E-state index in [0.29, 0.717) is 11.5 Å². The summed E-state index contributed by atoms with van der Waals surface area (Å²) < 4.78 is 68.7. The highest BCUT2D eigenvalue weighted by atomic mass is 32.2. The van der Waals surface area contributed by atoms with Crippen molar-refractivity contribution in [1.82, 2.24) is 34.6 Å². The highest BCUT2D eigenvalue weighted by molar-refractivity contribution is 7.89. The fraction of sp³-hybridized carbons (Fsp3) is 0.448. The molecular formula is C29H41N7O10S2. The lowest BCUT2D eigenvalue weighted by atomic mass is 10.0. The number of aromatic nitrogens is 3. The third-order valence-electron chi connectivity index (χ3n) is 7.43. The zero-order chi connectivity index (χ0) is 35.8. The van der Waals surface area contributed by atoms with Crippen molar-refractivity contribution in [2.75, 3.05) is 20.8 Å². The molecule has 0 aliphatic rings. The number of carbonyl (C=O) groups excluding carboxylic acids is 2. The average molecular weight is 712 g/mol. The Bertz CT molecular complexity index is 1750. The molecule has 0 bridgehead atoms. The number of sulfonamides is 2. The Morgan fingerprint density at radius 2 is 1.19 bits per heavy atom. The molecule has 1 aromatic heterocycles. The van der Waals surface area contributed by atoms with Gasteiger partial charge in [0.15, 0.2) is 0 Å². The lowest BCUT2D eigenvalue weighted by molar-refractivity contribution is -0.135. The molecule has 2 atom stereocenters. The van der Waals surface area contributed by atoms with Crippen molar-refractivity contribution in [1.29, 1.82) is 0 Å². The van der Waals surface area contributed by atoms with Gasteiger partial charge in [-0.05, 0) is 60.4 Å². The molecule has 0 spiro atoms. The molecule has 0 radical (unpaired) electrons. The summed E-state index contributed by atoms with van der Waals surface area (Å²) in [6.07, 6.45) is 1.37. The summed E-state index contributed by atoms with van der Waals surface area (Å²) in [4.78, 5) is 25.2. The number of benzene rings is 2. The number of hydrogen-bond donors (Lipinski definition) is 4. The zero-order valence-electron chi connectivity index (χ0n) is 27.3. The van der Waals surface area contributed by atoms with Crippen LogP contribution in [0.25, 0.3) is 0 Å². The first-order chi connectivity index (χ1) is 22.6. The van der Waals surface area contributed by atoms with E-state index in [-0.39, 0.29) is 28.6 Å². The molecule has 0 aliphatic carbocycles. The van der Waals surface area contributed by atoms with Crippen molar-refractivity contribution >= 4 is 31.9 Å². The quantitative estimate of drug-likeness (QED) is 0.115. The number of carbonyl (C=O) groups is 2. The van der Waals surface area contributed by atoms with E-state index < -0.39 is 62.3 Å². The second-order valence-corrected chi connectivity index (χ2v) is 15.1. The van der Waals surface area contributed by atoms with Crippen LogP contribution in [0.3, 0.4) is 0 Å². The Morgan fingerprint density at radius 1 is 0.771 bits per heavy atom. The third-order valence-corrected chi connectivity index (χ3v) is 11.2. The van der Waals surface area contributed by atoms with Gasteiger partial charge in [-0.2, -0.15) is 8.61 Å². The van der Waals surface area contributed by atoms with Gasteiger partial charge in [-0.15, -0.1) is 5.10 Å². The molecule has 19 heteroatoms. The minimum absolute atomic E-state index is 0.0987. The highest BCUT2D eigenvalue weighted by Gasteiger charge is 2.40. The molecule has 0 aliphatic heterocycles. The van der Waals surface area contributed by atoms with Gasteiger partial charge in [-0.1, -0.05) is 32.9 Å². The monoisotopic (exact) mass is 711 g/mol. The zero-order valence-corrected chi connectivity index (χ0v) is 29.0. The maximum absolute atomic E-state index is 13.9. The molecule has 0 fully saturated rings. The van der Waals surface area contributed by atoms with Crippen LogP contribution in [0.15, 0.2) is 64.5 Å². The minimum Gasteiger partial charge on any atom is -0.497 e. The summed E-state index contributed by atoms with van der Waals surface area (Å²) in [5.74, 6) is -2.24. The number of ether oxygens (including phenoxy) is 2. The van der Waals surface area contributed by atoms with Crippen LogP contribution in [-0.4, -0.2) is 95.5 Å². The van der Waals surface area contributed by atoms with Crippen LogP contribution in [0.4, 0.5) is 0 Å². The van der Waals surface area contributed by atoms with Gasteiger partial charge in [0.05, 0.1) is 42.8 Å². The second kappa shape index (κ2) is 16.3. The topological polar surface area (TPSA) is 223 Å². The molecule has 2 aromatic carbocycles. The fourth-order valence-corrected chi connectivity index (χ4v) is 8.46. The first-order valence-corrected chi connectivity index (χ1v) is 17.6. The summed E-state index contributed by atoms with van der Waals surface area (Å²) in [6, 6.07) is 8.42. The largest absolute Gasteiger partial charge is 0.497 e. The van der Waals surface area contributed by atoms with E-state index in [1.165, 1.54) is 79.1 Å². The maximum Gasteiger partial charge on any atom is 0.262 e. The molecule has 4 N–H and O–H groups in total. The summed E-state index contributed by atoms with van der Waals surface area (Å²) in [5, 5.41) is 26.9. The van der Waals surface area contributed by atoms with E-state index in [1.54, 1.807) is 33.2 Å². The van der Waals surface area contributed by atoms with Crippen LogP contribution in [0.2, 0.25) is 0 Å². The molecule has 0 saturated heterocycles. The molecule has 2 amide bonds. The Morgan fingerprint density at radius 3 is 1.58 bits per heavy atom. The molecule has 17 nitrogen and oxygen atoms in total. The van der Waals surface area contributed by atoms with Crippen molar-refractivity contribution in [3.63, 3.8) is 0 Å². The van der Waals surface area contributed by atoms with Gasteiger partial charge >= 0.3 is 0 Å². The predicted octanol–water partition coefficient (Wildman–Crippen LogP) is 1.24. The third kappa shape index (κ3) is 8.65. The van der Waals surface area contributed by atoms with Crippen molar-refractivity contribution in [2.45, 2.75) is 62.7 Å². The summed E-state index contributed by atoms with van der Waals surface area (Å²) in [5.41, 5.74) is 3.17. The Balaban J connectivity index is 1.98. The molecule has 3 rings (SSSR count). The SMILES string of the molecule is COc1ccc(S(=O)(=O)N(CCn2cc(CN([C@@H](C(=O)NO)C(C)C)S(=O)(=O)c3ccc(OC)cc3)nn2)[C@H](C(=O)NO)C(C)C)cc1. The molecule has 0 saturated carbocycles. The minimum atomic E-state index is -4.36. The van der Waals surface area contributed by atoms with E-state index in [2.05, 4.69) is 10.3 Å². The average Bonchev–Trinajstić information content (AvgIpc) is 3.52. The summed E-state index contributed by atoms with van der Waals surface area (Å²) in [7, 11) is -5.82. The van der Waals surface area contributed by atoms with Gasteiger partial charge in [0.1, 0.15) is 23.6 Å². The first-order valence-electron chi connectivity index (χ1n) is 14.7. The van der Waals surface area contributed by atoms with E-state index >= 15 is 0 Å². The Hall–Kier alpha value is -4.14. The second-order valence-electron chi connectivity index (χ2n) is 11.3. The summed E-state index contributed by atoms with van der Waals surface area (Å²) in [6.45, 7) is 5.58. The summed E-state index contributed by atoms with van der Waals surface area (Å²) >= 11 is 0. The Labute approximate surface area is 279 Å². The smallest absolute Gasteiger partial charge is 0.262 e. The van der Waals surface area contributed by atoms with E-state index in [4.69, 9.17) is 9.47 Å². The van der Waals surface area contributed by atoms with Crippen molar-refractivity contribution in [3.05, 3.63) is 60.4 Å². The first kappa shape index (κ1) is 38.3. The number of amides is 2. The van der Waals surface area contributed by atoms with Gasteiger partial charge < -0.3 is 9.47 Å². The van der Waals surface area contributed by atoms with Gasteiger partial charge in [0.25, 0.3) is 11.8 Å². The van der Waals surface area contributed by atoms with Gasteiger partial charge in [-0.3, -0.25) is 24.7 Å². The number of nitrogens with zero attached hydrogens (tertiary/aromatic N) is 5. The lowest BCUT2D eigenvalue weighted by Gasteiger charge is -2.32. The van der Waals surface area contributed by atoms with Crippen LogP contribution in [-0.2, 0) is 42.7 Å². The fourth-order valence-electron chi connectivity index (χ4n) is 5.05. The molecule has 48 heavy (non-hydrogen) atoms. The number of methoxy groups -OCH3 is 2. The number of hydrogen-bond acceptors (Lipinski definition) is 12. The lowest BCUT2D eigenvalue weighted by Crippen LogP contribution is -2.52. The van der Waals surface area contributed by atoms with Crippen molar-refractivity contribution in [2.24, 2.45) is 11.8 Å². The predicted molar refractivity (Wildman–Crippen MR) is 170 cm³/mol. The maximum atomic E-state index is 13.9. The van der Waals surface area contributed by atoms with Crippen molar-refractivity contribution in [3.8, 4) is 11.5 Å². The van der Waals surface area contributed by atoms with Crippen molar-refractivity contribution < 1.29 is 46.3 Å². The van der Waals surface area contributed by atoms with E-state index in [9.17, 15) is 36.8 Å². The molecular weight excluding hydrogens is 670 g/mol. The van der Waals surface area contributed by atoms with Crippen LogP contribution < -0.4 is 20.4 Å².